The average molecular weight is 257 g/mol. The van der Waals surface area contributed by atoms with E-state index in [-0.39, 0.29) is 5.91 Å². The summed E-state index contributed by atoms with van der Waals surface area (Å²) in [5.41, 5.74) is 0.976. The molecule has 1 amide bonds. The van der Waals surface area contributed by atoms with E-state index in [0.29, 0.717) is 35.0 Å². The van der Waals surface area contributed by atoms with E-state index >= 15 is 0 Å². The first kappa shape index (κ1) is 12.8. The summed E-state index contributed by atoms with van der Waals surface area (Å²) in [6.45, 7) is 0. The zero-order valence-electron chi connectivity index (χ0n) is 8.46. The zero-order valence-corrected chi connectivity index (χ0v) is 9.98. The number of nitrogens with one attached hydrogen (secondary N) is 1. The van der Waals surface area contributed by atoms with Crippen LogP contribution in [0, 0.1) is 11.3 Å². The molecule has 0 atom stereocenters. The quantitative estimate of drug-likeness (QED) is 0.842. The zero-order chi connectivity index (χ0) is 12.0. The molecule has 0 bridgehead atoms. The van der Waals surface area contributed by atoms with Crippen LogP contribution in [0.2, 0.25) is 5.02 Å². The van der Waals surface area contributed by atoms with Crippen molar-refractivity contribution in [3.05, 3.63) is 28.8 Å². The molecule has 0 heterocycles. The highest BCUT2D eigenvalue weighted by molar-refractivity contribution is 6.32. The lowest BCUT2D eigenvalue weighted by Gasteiger charge is -2.05. The van der Waals surface area contributed by atoms with Gasteiger partial charge in [-0.3, -0.25) is 4.79 Å². The van der Waals surface area contributed by atoms with Crippen molar-refractivity contribution in [1.29, 1.82) is 5.26 Å². The Morgan fingerprint density at radius 3 is 2.81 bits per heavy atom. The second-order valence-corrected chi connectivity index (χ2v) is 3.93. The average Bonchev–Trinajstić information content (AvgIpc) is 2.26. The Morgan fingerprint density at radius 2 is 2.25 bits per heavy atom. The van der Waals surface area contributed by atoms with E-state index in [0.717, 1.165) is 0 Å². The summed E-state index contributed by atoms with van der Waals surface area (Å²) in [4.78, 5) is 11.4. The fraction of sp³-hybridized carbons (Fsp3) is 0.273. The van der Waals surface area contributed by atoms with Gasteiger partial charge in [0.15, 0.2) is 0 Å². The van der Waals surface area contributed by atoms with Crippen molar-refractivity contribution in [2.75, 3.05) is 11.2 Å². The van der Waals surface area contributed by atoms with Crippen LogP contribution in [0.4, 0.5) is 5.69 Å². The van der Waals surface area contributed by atoms with Crippen LogP contribution in [0.1, 0.15) is 18.4 Å². The van der Waals surface area contributed by atoms with Gasteiger partial charge in [-0.25, -0.2) is 0 Å². The molecule has 1 N–H and O–H groups in total. The molecule has 0 unspecified atom stereocenters. The van der Waals surface area contributed by atoms with Crippen LogP contribution in [-0.4, -0.2) is 11.8 Å². The Kier molecular flexibility index (Phi) is 5.10. The standard InChI is InChI=1S/C11H10Cl2N2O/c12-5-1-2-11(16)15-9-4-3-8(7-14)10(13)6-9/h3-4,6H,1-2,5H2,(H,15,16). The van der Waals surface area contributed by atoms with E-state index in [2.05, 4.69) is 5.32 Å². The number of carbonyl (C=O) groups is 1. The van der Waals surface area contributed by atoms with Crippen molar-refractivity contribution in [1.82, 2.24) is 0 Å². The monoisotopic (exact) mass is 256 g/mol. The number of halogens is 2. The molecule has 0 aliphatic carbocycles. The number of rotatable bonds is 4. The normalized spacial score (nSPS) is 9.56. The summed E-state index contributed by atoms with van der Waals surface area (Å²) in [5, 5.41) is 11.7. The summed E-state index contributed by atoms with van der Waals surface area (Å²) >= 11 is 11.3. The Bertz CT molecular complexity index is 426. The van der Waals surface area contributed by atoms with Crippen LogP contribution in [-0.2, 0) is 4.79 Å². The highest BCUT2D eigenvalue weighted by Gasteiger charge is 2.04. The first-order valence-corrected chi connectivity index (χ1v) is 5.64. The molecule has 1 aromatic carbocycles. The van der Waals surface area contributed by atoms with Gasteiger partial charge in [-0.2, -0.15) is 5.26 Å². The van der Waals surface area contributed by atoms with E-state index in [1.807, 2.05) is 6.07 Å². The van der Waals surface area contributed by atoms with E-state index in [1.165, 1.54) is 0 Å². The van der Waals surface area contributed by atoms with Gasteiger partial charge in [-0.1, -0.05) is 11.6 Å². The maximum absolute atomic E-state index is 11.4. The molecule has 0 fully saturated rings. The van der Waals surface area contributed by atoms with E-state index in [4.69, 9.17) is 28.5 Å². The molecule has 1 rings (SSSR count). The van der Waals surface area contributed by atoms with Gasteiger partial charge in [0.25, 0.3) is 0 Å². The first-order valence-electron chi connectivity index (χ1n) is 4.73. The first-order chi connectivity index (χ1) is 7.67. The van der Waals surface area contributed by atoms with Crippen LogP contribution < -0.4 is 5.32 Å². The maximum atomic E-state index is 11.4. The van der Waals surface area contributed by atoms with Gasteiger partial charge < -0.3 is 5.32 Å². The smallest absolute Gasteiger partial charge is 0.224 e. The van der Waals surface area contributed by atoms with E-state index in [1.54, 1.807) is 18.2 Å². The highest BCUT2D eigenvalue weighted by Crippen LogP contribution is 2.20. The van der Waals surface area contributed by atoms with Gasteiger partial charge in [0, 0.05) is 18.0 Å². The molecular formula is C11H10Cl2N2O. The maximum Gasteiger partial charge on any atom is 0.224 e. The third-order valence-corrected chi connectivity index (χ3v) is 2.49. The van der Waals surface area contributed by atoms with Crippen molar-refractivity contribution in [2.24, 2.45) is 0 Å². The Hall–Kier alpha value is -1.24. The number of alkyl halides is 1. The van der Waals surface area contributed by atoms with Crippen molar-refractivity contribution < 1.29 is 4.79 Å². The number of carbonyl (C=O) groups excluding carboxylic acids is 1. The number of hydrogen-bond donors (Lipinski definition) is 1. The minimum atomic E-state index is -0.110. The fourth-order valence-electron chi connectivity index (χ4n) is 1.13. The summed E-state index contributed by atoms with van der Waals surface area (Å²) < 4.78 is 0. The predicted octanol–water partition coefficient (Wildman–Crippen LogP) is 3.17. The summed E-state index contributed by atoms with van der Waals surface area (Å²) in [7, 11) is 0. The Balaban J connectivity index is 2.65. The lowest BCUT2D eigenvalue weighted by Crippen LogP contribution is -2.11. The topological polar surface area (TPSA) is 52.9 Å². The largest absolute Gasteiger partial charge is 0.326 e. The summed E-state index contributed by atoms with van der Waals surface area (Å²) in [6.07, 6.45) is 1.01. The molecule has 5 heteroatoms. The minimum absolute atomic E-state index is 0.110. The SMILES string of the molecule is N#Cc1ccc(NC(=O)CCCCl)cc1Cl. The third-order valence-electron chi connectivity index (χ3n) is 1.91. The number of nitriles is 1. The number of nitrogens with zero attached hydrogens (tertiary/aromatic N) is 1. The summed E-state index contributed by atoms with van der Waals surface area (Å²) in [5.74, 6) is 0.350. The van der Waals surface area contributed by atoms with E-state index < -0.39 is 0 Å². The van der Waals surface area contributed by atoms with Crippen molar-refractivity contribution in [3.63, 3.8) is 0 Å². The van der Waals surface area contributed by atoms with Crippen molar-refractivity contribution in [3.8, 4) is 6.07 Å². The molecule has 0 aliphatic heterocycles. The van der Waals surface area contributed by atoms with Gasteiger partial charge in [0.05, 0.1) is 10.6 Å². The number of anilines is 1. The minimum Gasteiger partial charge on any atom is -0.326 e. The lowest BCUT2D eigenvalue weighted by atomic mass is 10.2. The van der Waals surface area contributed by atoms with Crippen molar-refractivity contribution in [2.45, 2.75) is 12.8 Å². The van der Waals surface area contributed by atoms with Gasteiger partial charge in [-0.15, -0.1) is 11.6 Å². The molecular weight excluding hydrogens is 247 g/mol. The molecule has 0 radical (unpaired) electrons. The van der Waals surface area contributed by atoms with Crippen LogP contribution in [0.5, 0.6) is 0 Å². The highest BCUT2D eigenvalue weighted by atomic mass is 35.5. The number of amides is 1. The van der Waals surface area contributed by atoms with Gasteiger partial charge in [-0.05, 0) is 24.6 Å². The molecule has 16 heavy (non-hydrogen) atoms. The van der Waals surface area contributed by atoms with Gasteiger partial charge in [0.1, 0.15) is 6.07 Å². The summed E-state index contributed by atoms with van der Waals surface area (Å²) in [6, 6.07) is 6.71. The molecule has 84 valence electrons. The lowest BCUT2D eigenvalue weighted by molar-refractivity contribution is -0.116. The van der Waals surface area contributed by atoms with Crippen molar-refractivity contribution >= 4 is 34.8 Å². The predicted molar refractivity (Wildman–Crippen MR) is 64.8 cm³/mol. The molecule has 0 saturated carbocycles. The van der Waals surface area contributed by atoms with Gasteiger partial charge >= 0.3 is 0 Å². The van der Waals surface area contributed by atoms with Crippen LogP contribution in [0.15, 0.2) is 18.2 Å². The third kappa shape index (κ3) is 3.73. The molecule has 0 aliphatic rings. The van der Waals surface area contributed by atoms with E-state index in [9.17, 15) is 4.79 Å². The molecule has 0 saturated heterocycles. The second kappa shape index (κ2) is 6.37. The number of hydrogen-bond acceptors (Lipinski definition) is 2. The molecule has 0 spiro atoms. The molecule has 3 nitrogen and oxygen atoms in total. The fourth-order valence-corrected chi connectivity index (χ4v) is 1.49. The second-order valence-electron chi connectivity index (χ2n) is 3.15. The Morgan fingerprint density at radius 1 is 1.50 bits per heavy atom. The molecule has 1 aromatic rings. The Labute approximate surface area is 104 Å². The van der Waals surface area contributed by atoms with Crippen LogP contribution in [0.3, 0.4) is 0 Å². The van der Waals surface area contributed by atoms with Crippen LogP contribution >= 0.6 is 23.2 Å². The van der Waals surface area contributed by atoms with Gasteiger partial charge in [0.2, 0.25) is 5.91 Å². The molecule has 0 aromatic heterocycles. The number of benzene rings is 1. The van der Waals surface area contributed by atoms with Crippen LogP contribution in [0.25, 0.3) is 0 Å².